The van der Waals surface area contributed by atoms with Crippen molar-refractivity contribution in [1.82, 2.24) is 10.3 Å². The molecular formula is C13H23N3O. The Morgan fingerprint density at radius 2 is 2.24 bits per heavy atom. The summed E-state index contributed by atoms with van der Waals surface area (Å²) in [5.41, 5.74) is 3.36. The number of nitrogens with one attached hydrogen (secondary N) is 2. The van der Waals surface area contributed by atoms with E-state index in [1.807, 2.05) is 20.0 Å². The largest absolute Gasteiger partial charge is 0.382 e. The number of anilines is 1. The van der Waals surface area contributed by atoms with Gasteiger partial charge in [0.15, 0.2) is 0 Å². The fourth-order valence-electron chi connectivity index (χ4n) is 1.49. The minimum Gasteiger partial charge on any atom is -0.382 e. The van der Waals surface area contributed by atoms with Gasteiger partial charge in [0, 0.05) is 43.3 Å². The van der Waals surface area contributed by atoms with Crippen molar-refractivity contribution in [3.63, 3.8) is 0 Å². The van der Waals surface area contributed by atoms with E-state index >= 15 is 0 Å². The lowest BCUT2D eigenvalue weighted by Crippen LogP contribution is -2.20. The van der Waals surface area contributed by atoms with Gasteiger partial charge in [-0.2, -0.15) is 0 Å². The molecule has 0 fully saturated rings. The quantitative estimate of drug-likeness (QED) is 0.761. The van der Waals surface area contributed by atoms with Gasteiger partial charge in [-0.05, 0) is 26.5 Å². The highest BCUT2D eigenvalue weighted by atomic mass is 16.5. The Morgan fingerprint density at radius 3 is 2.88 bits per heavy atom. The molecule has 0 aliphatic carbocycles. The molecule has 17 heavy (non-hydrogen) atoms. The van der Waals surface area contributed by atoms with Crippen LogP contribution < -0.4 is 10.6 Å². The van der Waals surface area contributed by atoms with Crippen molar-refractivity contribution >= 4 is 5.69 Å². The molecule has 0 saturated heterocycles. The van der Waals surface area contributed by atoms with Crippen molar-refractivity contribution in [2.45, 2.75) is 33.4 Å². The lowest BCUT2D eigenvalue weighted by Gasteiger charge is -2.15. The number of hydrogen-bond donors (Lipinski definition) is 2. The van der Waals surface area contributed by atoms with Crippen LogP contribution in [0, 0.1) is 6.92 Å². The van der Waals surface area contributed by atoms with Crippen LogP contribution in [-0.4, -0.2) is 31.3 Å². The van der Waals surface area contributed by atoms with Crippen molar-refractivity contribution in [3.8, 4) is 0 Å². The second kappa shape index (κ2) is 7.25. The first-order valence-corrected chi connectivity index (χ1v) is 6.10. The third kappa shape index (κ3) is 4.71. The van der Waals surface area contributed by atoms with Crippen LogP contribution in [0.3, 0.4) is 0 Å². The minimum absolute atomic E-state index is 0.204. The number of nitrogens with zero attached hydrogens (tertiary/aromatic N) is 1. The second-order valence-electron chi connectivity index (χ2n) is 4.19. The normalized spacial score (nSPS) is 12.5. The van der Waals surface area contributed by atoms with Gasteiger partial charge >= 0.3 is 0 Å². The Labute approximate surface area is 104 Å². The lowest BCUT2D eigenvalue weighted by molar-refractivity contribution is 0.129. The first-order chi connectivity index (χ1) is 8.17. The van der Waals surface area contributed by atoms with Gasteiger partial charge < -0.3 is 15.4 Å². The first-order valence-electron chi connectivity index (χ1n) is 6.10. The van der Waals surface area contributed by atoms with E-state index in [2.05, 4.69) is 28.6 Å². The zero-order chi connectivity index (χ0) is 12.7. The van der Waals surface area contributed by atoms with Crippen molar-refractivity contribution in [3.05, 3.63) is 23.5 Å². The molecule has 4 heteroatoms. The first kappa shape index (κ1) is 13.9. The topological polar surface area (TPSA) is 46.2 Å². The molecule has 0 spiro atoms. The average molecular weight is 237 g/mol. The highest BCUT2D eigenvalue weighted by Crippen LogP contribution is 2.15. The summed E-state index contributed by atoms with van der Waals surface area (Å²) in [5.74, 6) is 0. The molecule has 0 radical (unpaired) electrons. The number of methoxy groups -OCH3 is 1. The van der Waals surface area contributed by atoms with E-state index in [0.717, 1.165) is 31.0 Å². The summed E-state index contributed by atoms with van der Waals surface area (Å²) >= 11 is 0. The van der Waals surface area contributed by atoms with Crippen LogP contribution in [0.2, 0.25) is 0 Å². The standard InChI is InChI=1S/C13H23N3O/c1-5-14-8-12-9-15-10(2)6-13(12)16-7-11(3)17-4/h6,9,11,14H,5,7-8H2,1-4H3,(H,15,16). The van der Waals surface area contributed by atoms with Crippen LogP contribution in [0.5, 0.6) is 0 Å². The summed E-state index contributed by atoms with van der Waals surface area (Å²) < 4.78 is 5.23. The van der Waals surface area contributed by atoms with Gasteiger partial charge in [-0.25, -0.2) is 0 Å². The van der Waals surface area contributed by atoms with Crippen LogP contribution in [0.4, 0.5) is 5.69 Å². The van der Waals surface area contributed by atoms with Crippen LogP contribution >= 0.6 is 0 Å². The van der Waals surface area contributed by atoms with Gasteiger partial charge in [0.1, 0.15) is 0 Å². The molecule has 1 rings (SSSR count). The van der Waals surface area contributed by atoms with E-state index in [9.17, 15) is 0 Å². The number of hydrogen-bond acceptors (Lipinski definition) is 4. The summed E-state index contributed by atoms with van der Waals surface area (Å²) in [7, 11) is 1.73. The molecular weight excluding hydrogens is 214 g/mol. The highest BCUT2D eigenvalue weighted by Gasteiger charge is 2.05. The van der Waals surface area contributed by atoms with Gasteiger partial charge in [-0.1, -0.05) is 6.92 Å². The fraction of sp³-hybridized carbons (Fsp3) is 0.615. The Morgan fingerprint density at radius 1 is 1.47 bits per heavy atom. The van der Waals surface area contributed by atoms with Crippen molar-refractivity contribution in [2.24, 2.45) is 0 Å². The van der Waals surface area contributed by atoms with Gasteiger partial charge in [0.2, 0.25) is 0 Å². The molecule has 0 saturated carbocycles. The molecule has 0 amide bonds. The Bertz CT molecular complexity index is 341. The number of ether oxygens (including phenoxy) is 1. The summed E-state index contributed by atoms with van der Waals surface area (Å²) in [6.45, 7) is 8.75. The zero-order valence-corrected chi connectivity index (χ0v) is 11.2. The Balaban J connectivity index is 2.69. The van der Waals surface area contributed by atoms with E-state index in [1.54, 1.807) is 7.11 Å². The number of aryl methyl sites for hydroxylation is 1. The molecule has 4 nitrogen and oxygen atoms in total. The summed E-state index contributed by atoms with van der Waals surface area (Å²) in [6.07, 6.45) is 2.13. The smallest absolute Gasteiger partial charge is 0.0715 e. The molecule has 1 aromatic heterocycles. The maximum absolute atomic E-state index is 5.23. The zero-order valence-electron chi connectivity index (χ0n) is 11.2. The maximum atomic E-state index is 5.23. The van der Waals surface area contributed by atoms with Gasteiger partial charge in [-0.15, -0.1) is 0 Å². The van der Waals surface area contributed by atoms with Crippen LogP contribution in [0.1, 0.15) is 25.1 Å². The highest BCUT2D eigenvalue weighted by molar-refractivity contribution is 5.51. The molecule has 0 aromatic carbocycles. The van der Waals surface area contributed by atoms with Crippen LogP contribution in [0.25, 0.3) is 0 Å². The van der Waals surface area contributed by atoms with E-state index in [-0.39, 0.29) is 6.10 Å². The molecule has 0 bridgehead atoms. The summed E-state index contributed by atoms with van der Waals surface area (Å²) in [6, 6.07) is 2.08. The third-order valence-corrected chi connectivity index (χ3v) is 2.67. The number of rotatable bonds is 7. The minimum atomic E-state index is 0.204. The lowest BCUT2D eigenvalue weighted by atomic mass is 10.2. The molecule has 1 unspecified atom stereocenters. The molecule has 0 aliphatic rings. The van der Waals surface area contributed by atoms with Crippen LogP contribution in [-0.2, 0) is 11.3 Å². The van der Waals surface area contributed by atoms with Gasteiger partial charge in [0.05, 0.1) is 6.10 Å². The molecule has 1 atom stereocenters. The SMILES string of the molecule is CCNCc1cnc(C)cc1NCC(C)OC. The van der Waals surface area contributed by atoms with Gasteiger partial charge in [-0.3, -0.25) is 4.98 Å². The third-order valence-electron chi connectivity index (χ3n) is 2.67. The molecule has 0 aliphatic heterocycles. The monoisotopic (exact) mass is 237 g/mol. The van der Waals surface area contributed by atoms with Gasteiger partial charge in [0.25, 0.3) is 0 Å². The predicted octanol–water partition coefficient (Wildman–Crippen LogP) is 1.95. The Hall–Kier alpha value is -1.13. The Kier molecular flexibility index (Phi) is 5.94. The fourth-order valence-corrected chi connectivity index (χ4v) is 1.49. The van der Waals surface area contributed by atoms with Crippen molar-refractivity contribution in [2.75, 3.05) is 25.5 Å². The summed E-state index contributed by atoms with van der Waals surface area (Å²) in [5, 5.41) is 6.72. The molecule has 2 N–H and O–H groups in total. The van der Waals surface area contributed by atoms with E-state index in [1.165, 1.54) is 5.56 Å². The van der Waals surface area contributed by atoms with Crippen molar-refractivity contribution < 1.29 is 4.74 Å². The number of aromatic nitrogens is 1. The average Bonchev–Trinajstić information content (AvgIpc) is 2.34. The van der Waals surface area contributed by atoms with E-state index in [4.69, 9.17) is 4.74 Å². The molecule has 96 valence electrons. The van der Waals surface area contributed by atoms with E-state index in [0.29, 0.717) is 0 Å². The molecule has 1 heterocycles. The van der Waals surface area contributed by atoms with Crippen molar-refractivity contribution in [1.29, 1.82) is 0 Å². The molecule has 1 aromatic rings. The van der Waals surface area contributed by atoms with Crippen LogP contribution in [0.15, 0.2) is 12.3 Å². The second-order valence-corrected chi connectivity index (χ2v) is 4.19. The predicted molar refractivity (Wildman–Crippen MR) is 71.3 cm³/mol. The maximum Gasteiger partial charge on any atom is 0.0715 e. The number of pyridine rings is 1. The summed E-state index contributed by atoms with van der Waals surface area (Å²) in [4.78, 5) is 4.33. The van der Waals surface area contributed by atoms with E-state index < -0.39 is 0 Å².